The summed E-state index contributed by atoms with van der Waals surface area (Å²) < 4.78 is 6.23. The molecule has 1 saturated heterocycles. The first-order valence-corrected chi connectivity index (χ1v) is 13.0. The Labute approximate surface area is 210 Å². The van der Waals surface area contributed by atoms with Gasteiger partial charge in [0, 0.05) is 18.5 Å². The molecule has 0 aromatic heterocycles. The summed E-state index contributed by atoms with van der Waals surface area (Å²) in [4.78, 5) is 15.5. The highest BCUT2D eigenvalue weighted by Gasteiger charge is 2.50. The largest absolute Gasteiger partial charge is 0.491 e. The van der Waals surface area contributed by atoms with E-state index in [1.807, 2.05) is 30.3 Å². The zero-order chi connectivity index (χ0) is 25.2. The molecule has 190 valence electrons. The van der Waals surface area contributed by atoms with Crippen LogP contribution < -0.4 is 14.5 Å². The summed E-state index contributed by atoms with van der Waals surface area (Å²) in [7, 11) is 0. The van der Waals surface area contributed by atoms with Crippen molar-refractivity contribution < 1.29 is 14.6 Å². The second-order valence-corrected chi connectivity index (χ2v) is 11.6. The number of aliphatic hydroxyl groups excluding tert-OH is 1. The quantitative estimate of drug-likeness (QED) is 0.497. The van der Waals surface area contributed by atoms with E-state index in [0.717, 1.165) is 49.6 Å². The van der Waals surface area contributed by atoms with Gasteiger partial charge in [0.2, 0.25) is 0 Å². The van der Waals surface area contributed by atoms with Gasteiger partial charge < -0.3 is 14.7 Å². The predicted molar refractivity (Wildman–Crippen MR) is 143 cm³/mol. The van der Waals surface area contributed by atoms with Gasteiger partial charge in [0.15, 0.2) is 5.69 Å². The van der Waals surface area contributed by atoms with Gasteiger partial charge in [-0.3, -0.25) is 5.32 Å². The highest BCUT2D eigenvalue weighted by molar-refractivity contribution is 6.08. The molecule has 0 radical (unpaired) electrons. The molecule has 2 amide bonds. The van der Waals surface area contributed by atoms with Crippen molar-refractivity contribution in [1.29, 1.82) is 0 Å². The van der Waals surface area contributed by atoms with Crippen LogP contribution in [0.2, 0.25) is 0 Å². The van der Waals surface area contributed by atoms with Crippen LogP contribution >= 0.6 is 0 Å². The molecular formula is C29H42N3O3+. The molecule has 0 aliphatic carbocycles. The van der Waals surface area contributed by atoms with Crippen molar-refractivity contribution in [3.63, 3.8) is 0 Å². The van der Waals surface area contributed by atoms with E-state index in [1.165, 1.54) is 5.56 Å². The van der Waals surface area contributed by atoms with Gasteiger partial charge in [-0.05, 0) is 69.0 Å². The molecule has 2 aromatic carbocycles. The third-order valence-electron chi connectivity index (χ3n) is 7.70. The fraction of sp³-hybridized carbons (Fsp3) is 0.552. The molecule has 6 heteroatoms. The van der Waals surface area contributed by atoms with Crippen molar-refractivity contribution in [3.8, 4) is 5.75 Å². The maximum Gasteiger partial charge on any atom is 0.426 e. The van der Waals surface area contributed by atoms with Crippen LogP contribution in [0.1, 0.15) is 53.0 Å². The standard InChI is InChI=1S/C29H41N3O3/c1-21(2)32(27-9-7-6-8-26(27)30-28(32)34)19-22-14-16-31(17-15-22)18-24(33)20-35-25-12-10-23(11-13-25)29(3,4)5/h6-13,21-22,24,33H,14-20H2,1-5H3/p+1. The average molecular weight is 481 g/mol. The molecule has 2 unspecified atom stereocenters. The number of hydrogen-bond acceptors (Lipinski definition) is 4. The van der Waals surface area contributed by atoms with E-state index in [2.05, 4.69) is 63.0 Å². The average Bonchev–Trinajstić information content (AvgIpc) is 3.11. The van der Waals surface area contributed by atoms with Crippen LogP contribution in [0.15, 0.2) is 48.5 Å². The topological polar surface area (TPSA) is 61.8 Å². The number of hydrogen-bond donors (Lipinski definition) is 2. The number of urea groups is 1. The Hall–Kier alpha value is -2.41. The van der Waals surface area contributed by atoms with Crippen LogP contribution in [-0.4, -0.2) is 61.0 Å². The molecule has 0 bridgehead atoms. The molecule has 0 spiro atoms. The number of aliphatic hydroxyl groups is 1. The summed E-state index contributed by atoms with van der Waals surface area (Å²) in [6, 6.07) is 16.5. The molecule has 1 fully saturated rings. The molecule has 4 rings (SSSR count). The number of nitrogens with zero attached hydrogens (tertiary/aromatic N) is 2. The lowest BCUT2D eigenvalue weighted by Crippen LogP contribution is -2.60. The number of likely N-dealkylation sites (tertiary alicyclic amines) is 1. The second-order valence-electron chi connectivity index (χ2n) is 11.6. The first-order valence-electron chi connectivity index (χ1n) is 13.0. The molecule has 2 atom stereocenters. The first-order chi connectivity index (χ1) is 16.6. The Kier molecular flexibility index (Phi) is 7.55. The number of amides is 2. The van der Waals surface area contributed by atoms with Crippen LogP contribution in [0.5, 0.6) is 5.75 Å². The summed E-state index contributed by atoms with van der Waals surface area (Å²) in [5.74, 6) is 1.27. The van der Waals surface area contributed by atoms with Crippen LogP contribution in [0, 0.1) is 5.92 Å². The summed E-state index contributed by atoms with van der Waals surface area (Å²) in [5.41, 5.74) is 3.42. The minimum atomic E-state index is -0.529. The van der Waals surface area contributed by atoms with E-state index in [1.54, 1.807) is 0 Å². The fourth-order valence-corrected chi connectivity index (χ4v) is 5.51. The number of carbonyl (C=O) groups is 1. The number of β-amino-alcohol motifs (C(OH)–C–C–N with tert-alkyl or cyclic N) is 1. The molecule has 2 aliphatic heterocycles. The van der Waals surface area contributed by atoms with Crippen molar-refractivity contribution in [2.75, 3.05) is 38.1 Å². The van der Waals surface area contributed by atoms with Gasteiger partial charge in [0.1, 0.15) is 24.1 Å². The highest BCUT2D eigenvalue weighted by atomic mass is 16.5. The molecule has 2 heterocycles. The van der Waals surface area contributed by atoms with Gasteiger partial charge in [0.25, 0.3) is 0 Å². The normalized spacial score (nSPS) is 22.2. The zero-order valence-electron chi connectivity index (χ0n) is 22.0. The van der Waals surface area contributed by atoms with Crippen molar-refractivity contribution in [3.05, 3.63) is 54.1 Å². The minimum absolute atomic E-state index is 0.0896. The summed E-state index contributed by atoms with van der Waals surface area (Å²) in [6.07, 6.45) is 1.53. The summed E-state index contributed by atoms with van der Waals surface area (Å²) in [6.45, 7) is 14.5. The van der Waals surface area contributed by atoms with Crippen molar-refractivity contribution in [2.24, 2.45) is 5.92 Å². The smallest absolute Gasteiger partial charge is 0.426 e. The summed E-state index contributed by atoms with van der Waals surface area (Å²) >= 11 is 0. The Bertz CT molecular complexity index is 1010. The van der Waals surface area contributed by atoms with Gasteiger partial charge in [-0.25, -0.2) is 9.28 Å². The Balaban J connectivity index is 1.27. The lowest BCUT2D eigenvalue weighted by molar-refractivity contribution is 0.0521. The van der Waals surface area contributed by atoms with E-state index in [-0.39, 0.29) is 17.5 Å². The van der Waals surface area contributed by atoms with Gasteiger partial charge in [-0.15, -0.1) is 0 Å². The fourth-order valence-electron chi connectivity index (χ4n) is 5.51. The van der Waals surface area contributed by atoms with Crippen LogP contribution in [0.25, 0.3) is 0 Å². The monoisotopic (exact) mass is 480 g/mol. The molecule has 35 heavy (non-hydrogen) atoms. The molecule has 0 saturated carbocycles. The molecule has 2 aromatic rings. The van der Waals surface area contributed by atoms with Crippen LogP contribution in [0.4, 0.5) is 16.2 Å². The third-order valence-corrected chi connectivity index (χ3v) is 7.70. The van der Waals surface area contributed by atoms with Gasteiger partial charge in [0.05, 0.1) is 12.6 Å². The lowest BCUT2D eigenvalue weighted by Gasteiger charge is -2.40. The van der Waals surface area contributed by atoms with E-state index in [0.29, 0.717) is 23.6 Å². The molecule has 6 nitrogen and oxygen atoms in total. The van der Waals surface area contributed by atoms with Gasteiger partial charge in [-0.2, -0.15) is 0 Å². The number of anilines is 1. The molecule has 2 N–H and O–H groups in total. The molecular weight excluding hydrogens is 438 g/mol. The maximum absolute atomic E-state index is 13.1. The summed E-state index contributed by atoms with van der Waals surface area (Å²) in [5, 5.41) is 13.7. The van der Waals surface area contributed by atoms with Gasteiger partial charge >= 0.3 is 6.03 Å². The number of nitrogens with one attached hydrogen (secondary N) is 1. The second kappa shape index (κ2) is 10.3. The van der Waals surface area contributed by atoms with Crippen molar-refractivity contribution in [2.45, 2.75) is 65.0 Å². The number of para-hydroxylation sites is 2. The van der Waals surface area contributed by atoms with Gasteiger partial charge in [-0.1, -0.05) is 45.0 Å². The minimum Gasteiger partial charge on any atom is -0.491 e. The van der Waals surface area contributed by atoms with Crippen molar-refractivity contribution >= 4 is 17.4 Å². The Morgan fingerprint density at radius 1 is 1.09 bits per heavy atom. The van der Waals surface area contributed by atoms with E-state index < -0.39 is 6.10 Å². The number of carbonyl (C=O) groups excluding carboxylic acids is 1. The Morgan fingerprint density at radius 3 is 2.37 bits per heavy atom. The predicted octanol–water partition coefficient (Wildman–Crippen LogP) is 5.40. The van der Waals surface area contributed by atoms with Crippen LogP contribution in [-0.2, 0) is 5.41 Å². The number of quaternary nitrogens is 1. The third kappa shape index (κ3) is 5.55. The maximum atomic E-state index is 13.1. The number of ether oxygens (including phenoxy) is 1. The zero-order valence-corrected chi connectivity index (χ0v) is 22.0. The first kappa shape index (κ1) is 25.7. The number of benzene rings is 2. The lowest BCUT2D eigenvalue weighted by atomic mass is 9.87. The van der Waals surface area contributed by atoms with E-state index >= 15 is 0 Å². The van der Waals surface area contributed by atoms with E-state index in [4.69, 9.17) is 4.74 Å². The number of piperidine rings is 1. The van der Waals surface area contributed by atoms with Crippen molar-refractivity contribution in [1.82, 2.24) is 9.38 Å². The SMILES string of the molecule is CC(C)[N+]1(CC2CCN(CC(O)COc3ccc(C(C)(C)C)cc3)CC2)C(=O)Nc2ccccc21. The Morgan fingerprint density at radius 2 is 1.74 bits per heavy atom. The number of fused-ring (bicyclic) bond motifs is 1. The van der Waals surface area contributed by atoms with Crippen LogP contribution in [0.3, 0.4) is 0 Å². The van der Waals surface area contributed by atoms with E-state index in [9.17, 15) is 9.90 Å². The highest BCUT2D eigenvalue weighted by Crippen LogP contribution is 2.42. The number of rotatable bonds is 8. The molecule has 2 aliphatic rings.